The Morgan fingerprint density at radius 3 is 2.69 bits per heavy atom. The number of benzene rings is 2. The highest BCUT2D eigenvalue weighted by Gasteiger charge is 2.23. The first-order valence-electron chi connectivity index (χ1n) is 8.92. The monoisotopic (exact) mass is 341 g/mol. The molecule has 4 nitrogen and oxygen atoms in total. The van der Waals surface area contributed by atoms with Crippen LogP contribution in [0.1, 0.15) is 12.2 Å². The molecule has 0 amide bonds. The van der Waals surface area contributed by atoms with Crippen molar-refractivity contribution in [1.82, 2.24) is 14.5 Å². The molecule has 3 heterocycles. The van der Waals surface area contributed by atoms with Crippen LogP contribution in [0.3, 0.4) is 0 Å². The molecular formula is C22H19N3O. The van der Waals surface area contributed by atoms with Crippen LogP contribution >= 0.6 is 0 Å². The van der Waals surface area contributed by atoms with Crippen LogP contribution in [0.15, 0.2) is 60.8 Å². The van der Waals surface area contributed by atoms with Crippen LogP contribution in [-0.4, -0.2) is 21.6 Å². The predicted octanol–water partition coefficient (Wildman–Crippen LogP) is 4.72. The largest absolute Gasteiger partial charge is 0.497 e. The fourth-order valence-electron chi connectivity index (χ4n) is 3.79. The van der Waals surface area contributed by atoms with E-state index in [1.54, 1.807) is 7.11 Å². The minimum atomic E-state index is 0.860. The quantitative estimate of drug-likeness (QED) is 0.541. The Morgan fingerprint density at radius 2 is 1.85 bits per heavy atom. The summed E-state index contributed by atoms with van der Waals surface area (Å²) in [6, 6.07) is 18.7. The number of hydrogen-bond donors (Lipinski definition) is 0. The number of fused-ring (bicyclic) bond motifs is 2. The summed E-state index contributed by atoms with van der Waals surface area (Å²) in [5, 5.41) is 1.15. The van der Waals surface area contributed by atoms with Gasteiger partial charge in [0.15, 0.2) is 0 Å². The van der Waals surface area contributed by atoms with Gasteiger partial charge in [-0.3, -0.25) is 4.98 Å². The van der Waals surface area contributed by atoms with E-state index in [9.17, 15) is 0 Å². The van der Waals surface area contributed by atoms with E-state index in [-0.39, 0.29) is 0 Å². The summed E-state index contributed by atoms with van der Waals surface area (Å²) in [6.07, 6.45) is 4.03. The van der Waals surface area contributed by atoms with Crippen molar-refractivity contribution in [1.29, 1.82) is 0 Å². The van der Waals surface area contributed by atoms with E-state index >= 15 is 0 Å². The number of nitrogens with zero attached hydrogens (tertiary/aromatic N) is 3. The highest BCUT2D eigenvalue weighted by atomic mass is 16.5. The molecule has 0 saturated heterocycles. The first kappa shape index (κ1) is 15.1. The zero-order valence-electron chi connectivity index (χ0n) is 14.6. The van der Waals surface area contributed by atoms with E-state index in [4.69, 9.17) is 9.72 Å². The maximum Gasteiger partial charge on any atom is 0.118 e. The number of methoxy groups -OCH3 is 1. The van der Waals surface area contributed by atoms with Crippen LogP contribution in [0.25, 0.3) is 33.4 Å². The van der Waals surface area contributed by atoms with Crippen LogP contribution in [-0.2, 0) is 13.0 Å². The van der Waals surface area contributed by atoms with Crippen molar-refractivity contribution in [3.63, 3.8) is 0 Å². The van der Waals surface area contributed by atoms with Gasteiger partial charge in [-0.05, 0) is 48.9 Å². The number of hydrogen-bond acceptors (Lipinski definition) is 3. The summed E-state index contributed by atoms with van der Waals surface area (Å²) >= 11 is 0. The van der Waals surface area contributed by atoms with Gasteiger partial charge < -0.3 is 9.30 Å². The normalized spacial score (nSPS) is 13.1. The standard InChI is InChI=1S/C22H19N3O/c1-26-18-9-6-15(7-10-18)21-22(25-13-3-5-20(25)24-21)17-8-11-19-16(14-17)4-2-12-23-19/h2,4,6-12,14H,3,5,13H2,1H3. The molecule has 0 unspecified atom stereocenters. The molecule has 4 aromatic rings. The molecule has 5 rings (SSSR count). The molecule has 0 aliphatic carbocycles. The Balaban J connectivity index is 1.71. The lowest BCUT2D eigenvalue weighted by Gasteiger charge is -2.10. The van der Waals surface area contributed by atoms with Gasteiger partial charge in [0.25, 0.3) is 0 Å². The van der Waals surface area contributed by atoms with Crippen LogP contribution in [0.5, 0.6) is 5.75 Å². The van der Waals surface area contributed by atoms with Gasteiger partial charge in [0.1, 0.15) is 11.6 Å². The topological polar surface area (TPSA) is 39.9 Å². The van der Waals surface area contributed by atoms with Crippen molar-refractivity contribution in [2.45, 2.75) is 19.4 Å². The summed E-state index contributed by atoms with van der Waals surface area (Å²) < 4.78 is 7.67. The molecular weight excluding hydrogens is 322 g/mol. The highest BCUT2D eigenvalue weighted by Crippen LogP contribution is 2.37. The van der Waals surface area contributed by atoms with E-state index in [1.165, 1.54) is 17.1 Å². The molecule has 0 fully saturated rings. The van der Waals surface area contributed by atoms with Crippen molar-refractivity contribution < 1.29 is 4.74 Å². The van der Waals surface area contributed by atoms with E-state index in [0.717, 1.165) is 47.3 Å². The molecule has 26 heavy (non-hydrogen) atoms. The van der Waals surface area contributed by atoms with Crippen molar-refractivity contribution in [3.8, 4) is 28.3 Å². The number of rotatable bonds is 3. The van der Waals surface area contributed by atoms with E-state index in [0.29, 0.717) is 0 Å². The third kappa shape index (κ3) is 2.37. The molecule has 1 aliphatic rings. The predicted molar refractivity (Wildman–Crippen MR) is 103 cm³/mol. The number of pyridine rings is 1. The van der Waals surface area contributed by atoms with Crippen molar-refractivity contribution in [2.24, 2.45) is 0 Å². The van der Waals surface area contributed by atoms with Gasteiger partial charge in [0.05, 0.1) is 24.0 Å². The van der Waals surface area contributed by atoms with Crippen molar-refractivity contribution >= 4 is 10.9 Å². The molecule has 2 aromatic heterocycles. The smallest absolute Gasteiger partial charge is 0.118 e. The Bertz CT molecular complexity index is 1100. The molecule has 128 valence electrons. The number of aromatic nitrogens is 3. The molecule has 4 heteroatoms. The lowest BCUT2D eigenvalue weighted by molar-refractivity contribution is 0.415. The Labute approximate surface area is 152 Å². The summed E-state index contributed by atoms with van der Waals surface area (Å²) in [4.78, 5) is 9.42. The molecule has 0 spiro atoms. The van der Waals surface area contributed by atoms with Crippen molar-refractivity contribution in [2.75, 3.05) is 7.11 Å². The van der Waals surface area contributed by atoms with Gasteiger partial charge in [0, 0.05) is 35.7 Å². The molecule has 0 N–H and O–H groups in total. The molecule has 0 atom stereocenters. The Morgan fingerprint density at radius 1 is 1.00 bits per heavy atom. The minimum Gasteiger partial charge on any atom is -0.497 e. The van der Waals surface area contributed by atoms with Crippen molar-refractivity contribution in [3.05, 3.63) is 66.6 Å². The maximum atomic E-state index is 5.30. The highest BCUT2D eigenvalue weighted by molar-refractivity contribution is 5.87. The number of aryl methyl sites for hydroxylation is 1. The zero-order valence-corrected chi connectivity index (χ0v) is 14.6. The van der Waals surface area contributed by atoms with Crippen LogP contribution < -0.4 is 4.74 Å². The first-order chi connectivity index (χ1) is 12.8. The van der Waals surface area contributed by atoms with E-state index in [2.05, 4.69) is 45.9 Å². The third-order valence-corrected chi connectivity index (χ3v) is 5.07. The van der Waals surface area contributed by atoms with Gasteiger partial charge in [-0.15, -0.1) is 0 Å². The minimum absolute atomic E-state index is 0.860. The summed E-state index contributed by atoms with van der Waals surface area (Å²) in [7, 11) is 1.69. The molecule has 0 bridgehead atoms. The van der Waals surface area contributed by atoms with Crippen LogP contribution in [0.2, 0.25) is 0 Å². The van der Waals surface area contributed by atoms with Gasteiger partial charge >= 0.3 is 0 Å². The lowest BCUT2D eigenvalue weighted by Crippen LogP contribution is -1.96. The average molecular weight is 341 g/mol. The van der Waals surface area contributed by atoms with Gasteiger partial charge in [-0.25, -0.2) is 4.98 Å². The van der Waals surface area contributed by atoms with Gasteiger partial charge in [-0.2, -0.15) is 0 Å². The zero-order chi connectivity index (χ0) is 17.5. The molecule has 0 radical (unpaired) electrons. The molecule has 0 saturated carbocycles. The number of imidazole rings is 1. The molecule has 2 aromatic carbocycles. The first-order valence-corrected chi connectivity index (χ1v) is 8.92. The van der Waals surface area contributed by atoms with Gasteiger partial charge in [0.2, 0.25) is 0 Å². The van der Waals surface area contributed by atoms with Crippen LogP contribution in [0, 0.1) is 0 Å². The SMILES string of the molecule is COc1ccc(-c2nc3n(c2-c2ccc4ncccc4c2)CCC3)cc1. The second-order valence-corrected chi connectivity index (χ2v) is 6.62. The Hall–Kier alpha value is -3.14. The number of ether oxygens (including phenoxy) is 1. The third-order valence-electron chi connectivity index (χ3n) is 5.07. The fraction of sp³-hybridized carbons (Fsp3) is 0.182. The maximum absolute atomic E-state index is 5.30. The second-order valence-electron chi connectivity index (χ2n) is 6.62. The Kier molecular flexibility index (Phi) is 3.49. The summed E-state index contributed by atoms with van der Waals surface area (Å²) in [5.74, 6) is 2.04. The van der Waals surface area contributed by atoms with Crippen LogP contribution in [0.4, 0.5) is 0 Å². The van der Waals surface area contributed by atoms with E-state index in [1.807, 2.05) is 24.4 Å². The fourth-order valence-corrected chi connectivity index (χ4v) is 3.79. The summed E-state index contributed by atoms with van der Waals surface area (Å²) in [6.45, 7) is 1.03. The average Bonchev–Trinajstić information content (AvgIpc) is 3.29. The van der Waals surface area contributed by atoms with Gasteiger partial charge in [-0.1, -0.05) is 12.1 Å². The lowest BCUT2D eigenvalue weighted by atomic mass is 10.0. The molecule has 1 aliphatic heterocycles. The summed E-state index contributed by atoms with van der Waals surface area (Å²) in [5.41, 5.74) is 5.58. The second kappa shape index (κ2) is 5.99. The van der Waals surface area contributed by atoms with E-state index < -0.39 is 0 Å².